The molecule has 4 rings (SSSR count). The Bertz CT molecular complexity index is 1440. The van der Waals surface area contributed by atoms with E-state index in [0.717, 1.165) is 15.9 Å². The Morgan fingerprint density at radius 2 is 1.24 bits per heavy atom. The first-order valence-corrected chi connectivity index (χ1v) is 14.7. The Morgan fingerprint density at radius 3 is 1.66 bits per heavy atom. The quantitative estimate of drug-likeness (QED) is 0.0896. The monoisotopic (exact) mass is 571 g/mol. The molecule has 0 aliphatic rings. The van der Waals surface area contributed by atoms with Gasteiger partial charge in [-0.05, 0) is 62.6 Å². The molecule has 0 radical (unpaired) electrons. The lowest BCUT2D eigenvalue weighted by Gasteiger charge is -2.35. The number of rotatable bonds is 11. The van der Waals surface area contributed by atoms with Crippen LogP contribution in [0.2, 0.25) is 0 Å². The molecule has 0 aliphatic carbocycles. The molecule has 210 valence electrons. The maximum absolute atomic E-state index is 14.1. The zero-order chi connectivity index (χ0) is 29.4. The van der Waals surface area contributed by atoms with Crippen LogP contribution in [-0.4, -0.2) is 43.1 Å². The number of aromatic nitrogens is 1. The Balaban J connectivity index is 2.17. The lowest BCUT2D eigenvalue weighted by atomic mass is 10.2. The highest BCUT2D eigenvalue weighted by molar-refractivity contribution is 7.99. The first kappa shape index (κ1) is 29.3. The minimum atomic E-state index is -3.19. The number of esters is 2. The van der Waals surface area contributed by atoms with Gasteiger partial charge < -0.3 is 23.9 Å². The summed E-state index contributed by atoms with van der Waals surface area (Å²) >= 11 is 0. The van der Waals surface area contributed by atoms with E-state index in [1.54, 1.807) is 6.92 Å². The third-order valence-electron chi connectivity index (χ3n) is 6.62. The largest absolute Gasteiger partial charge is 0.614 e. The number of Topliss-reactive ketones (excluding diaryl/α,β-unsaturated/α-hetero) is 1. The summed E-state index contributed by atoms with van der Waals surface area (Å²) in [4.78, 5) is 39.5. The molecule has 0 saturated carbocycles. The van der Waals surface area contributed by atoms with Gasteiger partial charge in [0.15, 0.2) is 6.04 Å². The number of carbonyl (C=O) groups excluding carboxylic acids is 3. The average Bonchev–Trinajstić information content (AvgIpc) is 3.51. The summed E-state index contributed by atoms with van der Waals surface area (Å²) in [6.07, 6.45) is 1.46. The molecule has 4 aromatic rings. The number of ether oxygens (including phenoxy) is 3. The molecule has 1 atom stereocenters. The Labute approximate surface area is 239 Å². The van der Waals surface area contributed by atoms with Gasteiger partial charge in [0.25, 0.3) is 5.78 Å². The smallest absolute Gasteiger partial charge is 0.381 e. The molecule has 0 spiro atoms. The molecule has 9 heteroatoms. The van der Waals surface area contributed by atoms with Crippen molar-refractivity contribution in [3.63, 3.8) is 0 Å². The lowest BCUT2D eigenvalue weighted by molar-refractivity contribution is -0.354. The highest BCUT2D eigenvalue weighted by atomic mass is 31.2. The van der Waals surface area contributed by atoms with Crippen LogP contribution in [0.25, 0.3) is 0 Å². The molecular weight excluding hydrogens is 541 g/mol. The van der Waals surface area contributed by atoms with Crippen molar-refractivity contribution >= 4 is 40.9 Å². The topological polar surface area (TPSA) is 107 Å². The van der Waals surface area contributed by atoms with Gasteiger partial charge in [0.2, 0.25) is 0 Å². The van der Waals surface area contributed by atoms with Crippen molar-refractivity contribution in [1.29, 1.82) is 0 Å². The van der Waals surface area contributed by atoms with Gasteiger partial charge in [0.05, 0.1) is 25.4 Å². The molecule has 1 heterocycles. The number of ketones is 1. The summed E-state index contributed by atoms with van der Waals surface area (Å²) in [5.41, 5.74) is -0.132. The predicted molar refractivity (Wildman–Crippen MR) is 156 cm³/mol. The average molecular weight is 572 g/mol. The van der Waals surface area contributed by atoms with Gasteiger partial charge in [0, 0.05) is 6.20 Å². The fourth-order valence-electron chi connectivity index (χ4n) is 4.94. The molecule has 0 bridgehead atoms. The Kier molecular flexibility index (Phi) is 9.37. The molecule has 3 aromatic carbocycles. The number of nitrogens with zero attached hydrogens (tertiary/aromatic N) is 1. The van der Waals surface area contributed by atoms with Crippen molar-refractivity contribution in [2.75, 3.05) is 20.8 Å². The third kappa shape index (κ3) is 5.52. The van der Waals surface area contributed by atoms with E-state index in [9.17, 15) is 19.5 Å². The molecule has 0 aliphatic heterocycles. The molecule has 8 nitrogen and oxygen atoms in total. The standard InChI is InChI=1S/C32H30NO7P/c1-4-40-31(36)28(34)26-21-14-22-33(26)27(30(35)38-2)29(32(37)39-3)41(23-15-8-5-9-16-23,24-17-10-6-11-18-24)25-19-12-7-13-20-25/h5-22,27H,4H2,1-3H3/b32-29-. The highest BCUT2D eigenvalue weighted by Gasteiger charge is 2.55. The summed E-state index contributed by atoms with van der Waals surface area (Å²) in [5, 5.41) is 16.5. The van der Waals surface area contributed by atoms with E-state index in [1.807, 2.05) is 91.0 Å². The molecule has 0 N–H and O–H groups in total. The summed E-state index contributed by atoms with van der Waals surface area (Å²) < 4.78 is 16.9. The first-order chi connectivity index (χ1) is 19.9. The molecule has 1 aromatic heterocycles. The van der Waals surface area contributed by atoms with Crippen LogP contribution in [0.1, 0.15) is 23.5 Å². The number of hydrogen-bond donors (Lipinski definition) is 0. The van der Waals surface area contributed by atoms with Crippen molar-refractivity contribution in [2.24, 2.45) is 0 Å². The number of methoxy groups -OCH3 is 2. The van der Waals surface area contributed by atoms with Gasteiger partial charge in [-0.25, -0.2) is 9.59 Å². The zero-order valence-electron chi connectivity index (χ0n) is 22.9. The summed E-state index contributed by atoms with van der Waals surface area (Å²) in [5.74, 6) is -3.61. The molecular formula is C32H30NO7P. The number of carbonyl (C=O) groups is 3. The summed E-state index contributed by atoms with van der Waals surface area (Å²) in [6.45, 7) is 1.58. The third-order valence-corrected chi connectivity index (χ3v) is 11.0. The van der Waals surface area contributed by atoms with Gasteiger partial charge in [-0.2, -0.15) is 0 Å². The van der Waals surface area contributed by atoms with E-state index in [2.05, 4.69) is 0 Å². The van der Waals surface area contributed by atoms with Crippen LogP contribution in [-0.2, 0) is 23.8 Å². The van der Waals surface area contributed by atoms with Crippen LogP contribution < -0.4 is 21.0 Å². The van der Waals surface area contributed by atoms with E-state index in [-0.39, 0.29) is 17.6 Å². The second-order valence-corrected chi connectivity index (χ2v) is 12.2. The van der Waals surface area contributed by atoms with Crippen molar-refractivity contribution in [1.82, 2.24) is 4.57 Å². The predicted octanol–water partition coefficient (Wildman–Crippen LogP) is 3.12. The molecule has 1 unspecified atom stereocenters. The van der Waals surface area contributed by atoms with E-state index < -0.39 is 37.0 Å². The van der Waals surface area contributed by atoms with E-state index in [4.69, 9.17) is 14.2 Å². The van der Waals surface area contributed by atoms with Crippen molar-refractivity contribution in [3.05, 3.63) is 126 Å². The Hall–Kier alpha value is -4.68. The highest BCUT2D eigenvalue weighted by Crippen LogP contribution is 2.66. The maximum Gasteiger partial charge on any atom is 0.381 e. The van der Waals surface area contributed by atoms with Gasteiger partial charge in [-0.3, -0.25) is 4.79 Å². The Morgan fingerprint density at radius 1 is 0.756 bits per heavy atom. The van der Waals surface area contributed by atoms with Crippen LogP contribution in [0.4, 0.5) is 0 Å². The van der Waals surface area contributed by atoms with Crippen LogP contribution in [0.5, 0.6) is 0 Å². The van der Waals surface area contributed by atoms with Gasteiger partial charge >= 0.3 is 11.9 Å². The fraction of sp³-hybridized carbons (Fsp3) is 0.156. The van der Waals surface area contributed by atoms with Crippen molar-refractivity contribution < 1.29 is 33.7 Å². The summed E-state index contributed by atoms with van der Waals surface area (Å²) in [6, 6.07) is 29.7. The second-order valence-electron chi connectivity index (χ2n) is 8.83. The lowest BCUT2D eigenvalue weighted by Crippen LogP contribution is -2.39. The van der Waals surface area contributed by atoms with E-state index in [0.29, 0.717) is 0 Å². The summed E-state index contributed by atoms with van der Waals surface area (Å²) in [7, 11) is -0.749. The molecule has 41 heavy (non-hydrogen) atoms. The molecule has 0 fully saturated rings. The molecule has 0 amide bonds. The normalized spacial score (nSPS) is 12.6. The second kappa shape index (κ2) is 13.1. The van der Waals surface area contributed by atoms with E-state index >= 15 is 0 Å². The number of hydrogen-bond acceptors (Lipinski definition) is 7. The SMILES string of the molecule is CCOC(=O)C(=O)c1cccn1C(C(=O)OC)/C(=C(\[O-])OC)[P+](c1ccccc1)(c1ccccc1)c1ccccc1. The van der Waals surface area contributed by atoms with Crippen LogP contribution in [0.3, 0.4) is 0 Å². The zero-order valence-corrected chi connectivity index (χ0v) is 23.8. The first-order valence-electron chi connectivity index (χ1n) is 12.9. The number of benzene rings is 3. The van der Waals surface area contributed by atoms with Crippen molar-refractivity contribution in [3.8, 4) is 0 Å². The van der Waals surface area contributed by atoms with Crippen LogP contribution >= 0.6 is 7.26 Å². The van der Waals surface area contributed by atoms with Crippen LogP contribution in [0, 0.1) is 0 Å². The van der Waals surface area contributed by atoms with Gasteiger partial charge in [-0.15, -0.1) is 0 Å². The van der Waals surface area contributed by atoms with E-state index in [1.165, 1.54) is 37.1 Å². The van der Waals surface area contributed by atoms with Crippen LogP contribution in [0.15, 0.2) is 121 Å². The molecule has 0 saturated heterocycles. The minimum Gasteiger partial charge on any atom is -0.614 e. The minimum absolute atomic E-state index is 0.00406. The van der Waals surface area contributed by atoms with Gasteiger partial charge in [0.1, 0.15) is 28.5 Å². The fourth-order valence-corrected chi connectivity index (χ4v) is 9.49. The van der Waals surface area contributed by atoms with Gasteiger partial charge in [-0.1, -0.05) is 54.6 Å². The van der Waals surface area contributed by atoms with Crippen molar-refractivity contribution in [2.45, 2.75) is 13.0 Å². The maximum atomic E-state index is 14.1.